The molecule has 1 aliphatic rings. The molecule has 174 valence electrons. The Kier molecular flexibility index (Phi) is 8.91. The summed E-state index contributed by atoms with van der Waals surface area (Å²) in [5, 5.41) is 0. The average molecular weight is 442 g/mol. The van der Waals surface area contributed by atoms with Gasteiger partial charge in [0.15, 0.2) is 0 Å². The molecule has 2 aromatic rings. The van der Waals surface area contributed by atoms with Crippen LogP contribution in [0.5, 0.6) is 5.75 Å². The van der Waals surface area contributed by atoms with Gasteiger partial charge in [-0.05, 0) is 70.1 Å². The van der Waals surface area contributed by atoms with Crippen LogP contribution < -0.4 is 4.74 Å². The number of benzene rings is 1. The second-order valence-electron chi connectivity index (χ2n) is 8.26. The maximum absolute atomic E-state index is 12.0. The summed E-state index contributed by atoms with van der Waals surface area (Å²) < 4.78 is 22.6. The number of carbonyl (C=O) groups is 1. The van der Waals surface area contributed by atoms with E-state index in [0.29, 0.717) is 31.4 Å². The number of aryl methyl sites for hydroxylation is 1. The smallest absolute Gasteiger partial charge is 0.333 e. The van der Waals surface area contributed by atoms with E-state index in [1.54, 1.807) is 7.11 Å². The molecule has 0 amide bonds. The topological polar surface area (TPSA) is 70.8 Å². The first-order chi connectivity index (χ1) is 15.5. The number of esters is 1. The molecule has 2 atom stereocenters. The number of methoxy groups -OCH3 is 1. The Hall–Kier alpha value is -2.60. The summed E-state index contributed by atoms with van der Waals surface area (Å²) in [5.74, 6) is 2.47. The molecule has 0 aliphatic heterocycles. The molecule has 1 saturated carbocycles. The van der Waals surface area contributed by atoms with Crippen molar-refractivity contribution in [2.24, 2.45) is 5.92 Å². The van der Waals surface area contributed by atoms with Gasteiger partial charge in [0.2, 0.25) is 5.89 Å². The minimum absolute atomic E-state index is 0.188. The van der Waals surface area contributed by atoms with Gasteiger partial charge in [-0.3, -0.25) is 0 Å². The van der Waals surface area contributed by atoms with E-state index in [0.717, 1.165) is 54.0 Å². The minimum Gasteiger partial charge on any atom is -0.497 e. The monoisotopic (exact) mass is 441 g/mol. The maximum Gasteiger partial charge on any atom is 0.333 e. The zero-order chi connectivity index (χ0) is 22.9. The van der Waals surface area contributed by atoms with Crippen molar-refractivity contribution in [3.05, 3.63) is 47.4 Å². The molecule has 6 heteroatoms. The minimum atomic E-state index is -0.188. The first-order valence-electron chi connectivity index (χ1n) is 11.6. The molecule has 0 radical (unpaired) electrons. The van der Waals surface area contributed by atoms with E-state index in [2.05, 4.69) is 11.1 Å². The van der Waals surface area contributed by atoms with Gasteiger partial charge in [0.05, 0.1) is 26.4 Å². The Labute approximate surface area is 191 Å². The van der Waals surface area contributed by atoms with E-state index in [9.17, 15) is 4.79 Å². The highest BCUT2D eigenvalue weighted by Crippen LogP contribution is 2.31. The summed E-state index contributed by atoms with van der Waals surface area (Å²) in [5.41, 5.74) is 2.50. The highest BCUT2D eigenvalue weighted by atomic mass is 16.5. The average Bonchev–Trinajstić information content (AvgIpc) is 3.19. The lowest BCUT2D eigenvalue weighted by molar-refractivity contribution is -0.138. The molecule has 1 aromatic heterocycles. The summed E-state index contributed by atoms with van der Waals surface area (Å²) in [6, 6.07) is 7.69. The molecule has 6 nitrogen and oxygen atoms in total. The van der Waals surface area contributed by atoms with Gasteiger partial charge < -0.3 is 18.6 Å². The van der Waals surface area contributed by atoms with E-state index in [1.165, 1.54) is 6.42 Å². The van der Waals surface area contributed by atoms with Crippen LogP contribution in [0, 0.1) is 12.8 Å². The molecule has 0 spiro atoms. The first-order valence-corrected chi connectivity index (χ1v) is 11.6. The van der Waals surface area contributed by atoms with Gasteiger partial charge in [-0.1, -0.05) is 25.5 Å². The molecule has 0 bridgehead atoms. The highest BCUT2D eigenvalue weighted by Gasteiger charge is 2.23. The number of rotatable bonds is 10. The summed E-state index contributed by atoms with van der Waals surface area (Å²) in [7, 11) is 1.65. The lowest BCUT2D eigenvalue weighted by Crippen LogP contribution is -2.23. The van der Waals surface area contributed by atoms with Gasteiger partial charge in [-0.2, -0.15) is 0 Å². The lowest BCUT2D eigenvalue weighted by Gasteiger charge is -2.28. The van der Waals surface area contributed by atoms with Gasteiger partial charge in [0.1, 0.15) is 17.2 Å². The number of ether oxygens (including phenoxy) is 3. The number of allylic oxidation sites excluding steroid dienone is 1. The first kappa shape index (κ1) is 24.1. The van der Waals surface area contributed by atoms with E-state index >= 15 is 0 Å². The molecule has 0 saturated heterocycles. The van der Waals surface area contributed by atoms with Gasteiger partial charge in [0, 0.05) is 11.1 Å². The Balaban J connectivity index is 1.55. The van der Waals surface area contributed by atoms with E-state index in [4.69, 9.17) is 18.6 Å². The Morgan fingerprint density at radius 2 is 2.12 bits per heavy atom. The van der Waals surface area contributed by atoms with Crippen molar-refractivity contribution in [1.82, 2.24) is 4.98 Å². The molecule has 3 rings (SSSR count). The number of aromatic nitrogens is 1. The molecule has 2 unspecified atom stereocenters. The third-order valence-electron chi connectivity index (χ3n) is 6.02. The summed E-state index contributed by atoms with van der Waals surface area (Å²) in [6.45, 7) is 6.61. The zero-order valence-electron chi connectivity index (χ0n) is 19.7. The van der Waals surface area contributed by atoms with E-state index in [1.807, 2.05) is 45.0 Å². The van der Waals surface area contributed by atoms with E-state index < -0.39 is 0 Å². The van der Waals surface area contributed by atoms with Crippen molar-refractivity contribution in [3.63, 3.8) is 0 Å². The Morgan fingerprint density at radius 1 is 1.28 bits per heavy atom. The normalized spacial score (nSPS) is 19.1. The van der Waals surface area contributed by atoms with Crippen molar-refractivity contribution >= 4 is 5.97 Å². The number of hydrogen-bond donors (Lipinski definition) is 0. The molecule has 1 fully saturated rings. The molecule has 1 aromatic carbocycles. The highest BCUT2D eigenvalue weighted by molar-refractivity contribution is 5.88. The SMILES string of the molecule is CCOC(=O)C(=CCC1CCCC(OCc2nc(-c3cccc(OC)c3)oc2C)C1)CC. The lowest BCUT2D eigenvalue weighted by atomic mass is 9.84. The second-order valence-corrected chi connectivity index (χ2v) is 8.26. The fraction of sp³-hybridized carbons (Fsp3) is 0.538. The van der Waals surface area contributed by atoms with Crippen molar-refractivity contribution in [2.45, 2.75) is 72.0 Å². The largest absolute Gasteiger partial charge is 0.497 e. The van der Waals surface area contributed by atoms with Crippen LogP contribution in [0.2, 0.25) is 0 Å². The van der Waals surface area contributed by atoms with Crippen molar-refractivity contribution < 1.29 is 23.4 Å². The van der Waals surface area contributed by atoms with E-state index in [-0.39, 0.29) is 12.1 Å². The Morgan fingerprint density at radius 3 is 2.88 bits per heavy atom. The third kappa shape index (κ3) is 6.45. The molecule has 1 heterocycles. The number of nitrogens with zero attached hydrogens (tertiary/aromatic N) is 1. The molecule has 0 N–H and O–H groups in total. The quantitative estimate of drug-likeness (QED) is 0.331. The number of oxazole rings is 1. The van der Waals surface area contributed by atoms with Crippen LogP contribution in [0.4, 0.5) is 0 Å². The molecule has 1 aliphatic carbocycles. The predicted octanol–water partition coefficient (Wildman–Crippen LogP) is 6.02. The van der Waals surface area contributed by atoms with Gasteiger partial charge >= 0.3 is 5.97 Å². The standard InChI is InChI=1S/C26H35NO5/c1-5-20(26(28)30-6-2)14-13-19-9-7-12-23(15-19)31-17-24-18(3)32-25(27-24)21-10-8-11-22(16-21)29-4/h8,10-11,14,16,19,23H,5-7,9,12-13,15,17H2,1-4H3. The van der Waals surface area contributed by atoms with Crippen LogP contribution in [-0.2, 0) is 20.9 Å². The third-order valence-corrected chi connectivity index (χ3v) is 6.02. The summed E-state index contributed by atoms with van der Waals surface area (Å²) in [4.78, 5) is 16.7. The van der Waals surface area contributed by atoms with Crippen LogP contribution in [0.3, 0.4) is 0 Å². The van der Waals surface area contributed by atoms with Gasteiger partial charge in [0.25, 0.3) is 0 Å². The molecular formula is C26H35NO5. The Bertz CT molecular complexity index is 917. The fourth-order valence-corrected chi connectivity index (χ4v) is 4.15. The van der Waals surface area contributed by atoms with Crippen molar-refractivity contribution in [2.75, 3.05) is 13.7 Å². The fourth-order valence-electron chi connectivity index (χ4n) is 4.15. The van der Waals surface area contributed by atoms with Crippen molar-refractivity contribution in [1.29, 1.82) is 0 Å². The summed E-state index contributed by atoms with van der Waals surface area (Å²) in [6.07, 6.45) is 8.21. The molecular weight excluding hydrogens is 406 g/mol. The molecule has 32 heavy (non-hydrogen) atoms. The summed E-state index contributed by atoms with van der Waals surface area (Å²) >= 11 is 0. The number of carbonyl (C=O) groups excluding carboxylic acids is 1. The van der Waals surface area contributed by atoms with Crippen LogP contribution in [-0.4, -0.2) is 30.8 Å². The predicted molar refractivity (Wildman–Crippen MR) is 123 cm³/mol. The zero-order valence-corrected chi connectivity index (χ0v) is 19.7. The van der Waals surface area contributed by atoms with Crippen LogP contribution in [0.25, 0.3) is 11.5 Å². The maximum atomic E-state index is 12.0. The van der Waals surface area contributed by atoms with Crippen LogP contribution in [0.15, 0.2) is 40.3 Å². The van der Waals surface area contributed by atoms with Crippen molar-refractivity contribution in [3.8, 4) is 17.2 Å². The van der Waals surface area contributed by atoms with Crippen LogP contribution in [0.1, 0.15) is 63.8 Å². The number of hydrogen-bond acceptors (Lipinski definition) is 6. The second kappa shape index (κ2) is 11.9. The van der Waals surface area contributed by atoms with Gasteiger partial charge in [-0.25, -0.2) is 9.78 Å². The van der Waals surface area contributed by atoms with Crippen LogP contribution >= 0.6 is 0 Å². The van der Waals surface area contributed by atoms with Gasteiger partial charge in [-0.15, -0.1) is 0 Å².